The molecule has 4 amide bonds. The molecule has 0 saturated carbocycles. The second-order valence-corrected chi connectivity index (χ2v) is 12.9. The van der Waals surface area contributed by atoms with Crippen LogP contribution < -0.4 is 20.3 Å². The number of piperazine rings is 1. The number of hydrogen-bond acceptors (Lipinski definition) is 7. The number of benzene rings is 3. The second kappa shape index (κ2) is 17.9. The van der Waals surface area contributed by atoms with Crippen molar-refractivity contribution in [1.82, 2.24) is 20.1 Å². The molecule has 0 unspecified atom stereocenters. The highest BCUT2D eigenvalue weighted by Crippen LogP contribution is 2.37. The average molecular weight is 752 g/mol. The van der Waals surface area contributed by atoms with E-state index in [-0.39, 0.29) is 48.8 Å². The van der Waals surface area contributed by atoms with Crippen molar-refractivity contribution in [3.8, 4) is 17.0 Å². The van der Waals surface area contributed by atoms with Crippen molar-refractivity contribution in [3.05, 3.63) is 106 Å². The third kappa shape index (κ3) is 9.23. The van der Waals surface area contributed by atoms with Gasteiger partial charge < -0.3 is 34.8 Å². The molecule has 2 N–H and O–H groups in total. The Morgan fingerprint density at radius 3 is 2.52 bits per heavy atom. The Balaban J connectivity index is 1.36. The fourth-order valence-electron chi connectivity index (χ4n) is 5.91. The molecule has 1 aliphatic heterocycles. The average Bonchev–Trinajstić information content (AvgIpc) is 3.15. The molecule has 1 fully saturated rings. The monoisotopic (exact) mass is 750 g/mol. The van der Waals surface area contributed by atoms with Crippen LogP contribution in [0.2, 0.25) is 10.0 Å². The van der Waals surface area contributed by atoms with Crippen LogP contribution in [-0.2, 0) is 11.3 Å². The molecular formula is C38H41Cl2FN6O5. The number of nitrogens with zero attached hydrogens (tertiary/aromatic N) is 4. The number of urea groups is 1. The molecule has 1 aromatic heterocycles. The number of rotatable bonds is 12. The molecular weight excluding hydrogens is 710 g/mol. The van der Waals surface area contributed by atoms with Crippen molar-refractivity contribution in [1.29, 1.82) is 0 Å². The number of aromatic nitrogens is 1. The molecule has 0 aliphatic carbocycles. The summed E-state index contributed by atoms with van der Waals surface area (Å²) in [5.41, 5.74) is 2.04. The first-order valence-electron chi connectivity index (χ1n) is 17.0. The highest BCUT2D eigenvalue weighted by molar-refractivity contribution is 6.36. The summed E-state index contributed by atoms with van der Waals surface area (Å²) in [7, 11) is 1.56. The topological polar surface area (TPSA) is 116 Å². The lowest BCUT2D eigenvalue weighted by atomic mass is 9.98. The number of halogens is 3. The largest absolute Gasteiger partial charge is 0.478 e. The first-order chi connectivity index (χ1) is 25.1. The first-order valence-corrected chi connectivity index (χ1v) is 17.7. The summed E-state index contributed by atoms with van der Waals surface area (Å²) < 4.78 is 27.9. The van der Waals surface area contributed by atoms with Crippen molar-refractivity contribution in [2.45, 2.75) is 32.9 Å². The quantitative estimate of drug-likeness (QED) is 0.152. The SMILES string of the molecule is CCOc1ncccc1-c1ccc(N2CCN(C(=O)Nc3ccc(Cl)cc3Cl)C[C@H]2CC)c(C(=O)NCCN(C)C(=O)OCc2ccccc2)c1F. The van der Waals surface area contributed by atoms with Crippen LogP contribution in [0.4, 0.5) is 25.4 Å². The molecule has 0 spiro atoms. The molecule has 274 valence electrons. The van der Waals surface area contributed by atoms with Gasteiger partial charge in [-0.25, -0.2) is 19.0 Å². The number of hydrogen-bond donors (Lipinski definition) is 2. The van der Waals surface area contributed by atoms with E-state index >= 15 is 4.39 Å². The molecule has 14 heteroatoms. The summed E-state index contributed by atoms with van der Waals surface area (Å²) in [4.78, 5) is 49.1. The van der Waals surface area contributed by atoms with Crippen molar-refractivity contribution in [2.75, 3.05) is 56.6 Å². The number of amides is 4. The molecule has 1 atom stereocenters. The minimum atomic E-state index is -0.744. The predicted molar refractivity (Wildman–Crippen MR) is 201 cm³/mol. The van der Waals surface area contributed by atoms with Crippen LogP contribution in [0.3, 0.4) is 0 Å². The van der Waals surface area contributed by atoms with Gasteiger partial charge in [0, 0.05) is 68.2 Å². The van der Waals surface area contributed by atoms with Gasteiger partial charge in [-0.15, -0.1) is 0 Å². The van der Waals surface area contributed by atoms with Crippen molar-refractivity contribution in [3.63, 3.8) is 0 Å². The molecule has 4 aromatic rings. The minimum absolute atomic E-state index is 0.0361. The van der Waals surface area contributed by atoms with Gasteiger partial charge >= 0.3 is 12.1 Å². The van der Waals surface area contributed by atoms with Crippen LogP contribution >= 0.6 is 23.2 Å². The zero-order valence-corrected chi connectivity index (χ0v) is 30.7. The van der Waals surface area contributed by atoms with Gasteiger partial charge in [0.1, 0.15) is 12.4 Å². The van der Waals surface area contributed by atoms with E-state index in [1.165, 1.54) is 4.90 Å². The van der Waals surface area contributed by atoms with E-state index in [1.807, 2.05) is 42.2 Å². The van der Waals surface area contributed by atoms with Gasteiger partial charge in [0.25, 0.3) is 5.91 Å². The third-order valence-electron chi connectivity index (χ3n) is 8.66. The van der Waals surface area contributed by atoms with Gasteiger partial charge in [0.05, 0.1) is 28.6 Å². The van der Waals surface area contributed by atoms with E-state index < -0.39 is 17.8 Å². The van der Waals surface area contributed by atoms with Gasteiger partial charge in [0.2, 0.25) is 5.88 Å². The molecule has 1 saturated heterocycles. The van der Waals surface area contributed by atoms with Crippen LogP contribution in [0.25, 0.3) is 11.1 Å². The maximum absolute atomic E-state index is 16.8. The summed E-state index contributed by atoms with van der Waals surface area (Å²) in [6.07, 6.45) is 1.60. The Morgan fingerprint density at radius 1 is 1.00 bits per heavy atom. The number of ether oxygens (including phenoxy) is 2. The van der Waals surface area contributed by atoms with Crippen LogP contribution in [-0.4, -0.2) is 85.2 Å². The van der Waals surface area contributed by atoms with Gasteiger partial charge in [-0.3, -0.25) is 4.79 Å². The second-order valence-electron chi connectivity index (χ2n) is 12.1. The van der Waals surface area contributed by atoms with Crippen LogP contribution in [0.5, 0.6) is 5.88 Å². The number of carbonyl (C=O) groups excluding carboxylic acids is 3. The fraction of sp³-hybridized carbons (Fsp3) is 0.316. The normalized spacial score (nSPS) is 14.1. The van der Waals surface area contributed by atoms with Gasteiger partial charge in [0.15, 0.2) is 0 Å². The van der Waals surface area contributed by atoms with Gasteiger partial charge in [-0.1, -0.05) is 60.5 Å². The molecule has 11 nitrogen and oxygen atoms in total. The van der Waals surface area contributed by atoms with E-state index in [0.29, 0.717) is 59.6 Å². The number of likely N-dealkylation sites (N-methyl/N-ethyl adjacent to an activating group) is 1. The van der Waals surface area contributed by atoms with Crippen molar-refractivity contribution in [2.24, 2.45) is 0 Å². The summed E-state index contributed by atoms with van der Waals surface area (Å²) in [5.74, 6) is -1.16. The van der Waals surface area contributed by atoms with Crippen molar-refractivity contribution >= 4 is 52.6 Å². The Labute approximate surface area is 312 Å². The van der Waals surface area contributed by atoms with E-state index in [2.05, 4.69) is 15.6 Å². The zero-order chi connectivity index (χ0) is 37.2. The van der Waals surface area contributed by atoms with Gasteiger partial charge in [-0.05, 0) is 61.4 Å². The first kappa shape index (κ1) is 38.2. The maximum atomic E-state index is 16.8. The van der Waals surface area contributed by atoms with Gasteiger partial charge in [-0.2, -0.15) is 0 Å². The molecule has 1 aliphatic rings. The molecule has 0 bridgehead atoms. The Morgan fingerprint density at radius 2 is 1.79 bits per heavy atom. The smallest absolute Gasteiger partial charge is 0.409 e. The highest BCUT2D eigenvalue weighted by atomic mass is 35.5. The third-order valence-corrected chi connectivity index (χ3v) is 9.21. The number of pyridine rings is 1. The zero-order valence-electron chi connectivity index (χ0n) is 29.2. The standard InChI is InChI=1S/C38H41Cl2FN6O5/c1-4-27-23-46(37(49)44-31-15-13-26(39)22-30(31)40)20-21-47(27)32-16-14-28(29-12-9-17-43-36(29)51-5-2)34(41)33(32)35(48)42-18-19-45(3)38(50)52-24-25-10-7-6-8-11-25/h6-17,22,27H,4-5,18-21,23-24H2,1-3H3,(H,42,48)(H,44,49)/t27-/m1/s1. The van der Waals surface area contributed by atoms with E-state index in [1.54, 1.807) is 67.5 Å². The van der Waals surface area contributed by atoms with Crippen LogP contribution in [0, 0.1) is 5.82 Å². The number of nitrogens with one attached hydrogen (secondary N) is 2. The maximum Gasteiger partial charge on any atom is 0.409 e. The number of carbonyl (C=O) groups is 3. The summed E-state index contributed by atoms with van der Waals surface area (Å²) >= 11 is 12.3. The minimum Gasteiger partial charge on any atom is -0.478 e. The summed E-state index contributed by atoms with van der Waals surface area (Å²) in [6.45, 7) is 5.29. The Hall–Kier alpha value is -5.07. The Bertz CT molecular complexity index is 1880. The molecule has 2 heterocycles. The van der Waals surface area contributed by atoms with Crippen LogP contribution in [0.1, 0.15) is 36.2 Å². The lowest BCUT2D eigenvalue weighted by Crippen LogP contribution is -2.56. The predicted octanol–water partition coefficient (Wildman–Crippen LogP) is 7.72. The molecule has 52 heavy (non-hydrogen) atoms. The fourth-order valence-corrected chi connectivity index (χ4v) is 6.37. The van der Waals surface area contributed by atoms with Crippen molar-refractivity contribution < 1.29 is 28.2 Å². The lowest BCUT2D eigenvalue weighted by molar-refractivity contribution is 0.0923. The van der Waals surface area contributed by atoms with E-state index in [0.717, 1.165) is 5.56 Å². The Kier molecular flexibility index (Phi) is 13.2. The number of anilines is 2. The lowest BCUT2D eigenvalue weighted by Gasteiger charge is -2.43. The summed E-state index contributed by atoms with van der Waals surface area (Å²) in [5, 5.41) is 6.40. The summed E-state index contributed by atoms with van der Waals surface area (Å²) in [6, 6.07) is 20.2. The van der Waals surface area contributed by atoms with E-state index in [4.69, 9.17) is 32.7 Å². The molecule has 5 rings (SSSR count). The molecule has 0 radical (unpaired) electrons. The molecule has 3 aromatic carbocycles. The van der Waals surface area contributed by atoms with Crippen LogP contribution in [0.15, 0.2) is 79.0 Å². The van der Waals surface area contributed by atoms with E-state index in [9.17, 15) is 14.4 Å². The highest BCUT2D eigenvalue weighted by Gasteiger charge is 2.33.